The van der Waals surface area contributed by atoms with E-state index in [4.69, 9.17) is 23.2 Å². The Morgan fingerprint density at radius 1 is 1.27 bits per heavy atom. The van der Waals surface area contributed by atoms with Crippen LogP contribution in [0.5, 0.6) is 0 Å². The molecule has 1 rings (SSSR count). The van der Waals surface area contributed by atoms with Gasteiger partial charge >= 0.3 is 5.97 Å². The monoisotopic (exact) mass is 244 g/mol. The van der Waals surface area contributed by atoms with Crippen LogP contribution in [0.25, 0.3) is 5.57 Å². The third kappa shape index (κ3) is 3.57. The Morgan fingerprint density at radius 2 is 1.87 bits per heavy atom. The zero-order valence-electron chi connectivity index (χ0n) is 8.17. The molecule has 0 atom stereocenters. The first-order chi connectivity index (χ1) is 7.15. The Balaban J connectivity index is 2.96. The molecule has 0 aliphatic rings. The van der Waals surface area contributed by atoms with E-state index in [1.54, 1.807) is 0 Å². The second kappa shape index (κ2) is 5.79. The summed E-state index contributed by atoms with van der Waals surface area (Å²) in [6.45, 7) is 0. The minimum absolute atomic E-state index is 0.0723. The molecule has 0 radical (unpaired) electrons. The van der Waals surface area contributed by atoms with Gasteiger partial charge < -0.3 is 4.74 Å². The fourth-order valence-electron chi connectivity index (χ4n) is 1.13. The van der Waals surface area contributed by atoms with Gasteiger partial charge in [0.15, 0.2) is 0 Å². The average Bonchev–Trinajstić information content (AvgIpc) is 2.26. The molecule has 0 N–H and O–H groups in total. The Morgan fingerprint density at radius 3 is 2.33 bits per heavy atom. The van der Waals surface area contributed by atoms with Gasteiger partial charge in [0.25, 0.3) is 0 Å². The van der Waals surface area contributed by atoms with Crippen molar-refractivity contribution < 1.29 is 9.53 Å². The summed E-state index contributed by atoms with van der Waals surface area (Å²) in [4.78, 5) is 11.1. The second-order valence-corrected chi connectivity index (χ2v) is 3.81. The highest BCUT2D eigenvalue weighted by molar-refractivity contribution is 6.58. The molecule has 0 spiro atoms. The number of carbonyl (C=O) groups is 1. The molecular formula is C11H10Cl2O2. The standard InChI is InChI=1S/C11H10Cl2O2/c1-15-10(14)7-9(11(12)13)8-5-3-2-4-6-8/h2-6H,7H2,1H3. The van der Waals surface area contributed by atoms with E-state index in [1.165, 1.54) is 7.11 Å². The molecule has 2 nitrogen and oxygen atoms in total. The molecule has 1 aromatic rings. The van der Waals surface area contributed by atoms with E-state index in [9.17, 15) is 4.79 Å². The lowest BCUT2D eigenvalue weighted by Crippen LogP contribution is -2.01. The highest BCUT2D eigenvalue weighted by atomic mass is 35.5. The second-order valence-electron chi connectivity index (χ2n) is 2.86. The number of hydrogen-bond donors (Lipinski definition) is 0. The topological polar surface area (TPSA) is 26.3 Å². The fraction of sp³-hybridized carbons (Fsp3) is 0.182. The summed E-state index contributed by atoms with van der Waals surface area (Å²) in [7, 11) is 1.33. The van der Waals surface area contributed by atoms with E-state index in [1.807, 2.05) is 30.3 Å². The van der Waals surface area contributed by atoms with Gasteiger partial charge in [-0.05, 0) is 5.56 Å². The molecule has 0 saturated carbocycles. The van der Waals surface area contributed by atoms with Crippen molar-refractivity contribution >= 4 is 34.7 Å². The summed E-state index contributed by atoms with van der Waals surface area (Å²) in [5.41, 5.74) is 1.40. The number of benzene rings is 1. The van der Waals surface area contributed by atoms with Crippen molar-refractivity contribution in [2.45, 2.75) is 6.42 Å². The van der Waals surface area contributed by atoms with E-state index in [0.29, 0.717) is 5.57 Å². The van der Waals surface area contributed by atoms with Gasteiger partial charge in [-0.15, -0.1) is 0 Å². The normalized spacial score (nSPS) is 9.53. The number of rotatable bonds is 3. The Bertz CT molecular complexity index is 367. The van der Waals surface area contributed by atoms with Gasteiger partial charge in [-0.3, -0.25) is 4.79 Å². The van der Waals surface area contributed by atoms with Crippen LogP contribution in [0.1, 0.15) is 12.0 Å². The number of carbonyl (C=O) groups excluding carboxylic acids is 1. The van der Waals surface area contributed by atoms with Crippen molar-refractivity contribution in [2.24, 2.45) is 0 Å². The van der Waals surface area contributed by atoms with Crippen LogP contribution in [-0.2, 0) is 9.53 Å². The van der Waals surface area contributed by atoms with Crippen LogP contribution in [0.3, 0.4) is 0 Å². The maximum atomic E-state index is 11.1. The Kier molecular flexibility index (Phi) is 4.66. The minimum Gasteiger partial charge on any atom is -0.469 e. The number of esters is 1. The predicted molar refractivity (Wildman–Crippen MR) is 61.7 cm³/mol. The molecule has 0 bridgehead atoms. The van der Waals surface area contributed by atoms with E-state index < -0.39 is 0 Å². The van der Waals surface area contributed by atoms with Crippen LogP contribution in [-0.4, -0.2) is 13.1 Å². The highest BCUT2D eigenvalue weighted by Gasteiger charge is 2.11. The number of methoxy groups -OCH3 is 1. The maximum absolute atomic E-state index is 11.1. The first-order valence-electron chi connectivity index (χ1n) is 4.31. The molecule has 0 saturated heterocycles. The van der Waals surface area contributed by atoms with Crippen LogP contribution in [0.4, 0.5) is 0 Å². The van der Waals surface area contributed by atoms with E-state index in [0.717, 1.165) is 5.56 Å². The van der Waals surface area contributed by atoms with Gasteiger partial charge in [0, 0.05) is 5.57 Å². The van der Waals surface area contributed by atoms with Crippen LogP contribution in [0.2, 0.25) is 0 Å². The largest absolute Gasteiger partial charge is 0.469 e. The first-order valence-corrected chi connectivity index (χ1v) is 5.07. The van der Waals surface area contributed by atoms with Crippen molar-refractivity contribution in [1.82, 2.24) is 0 Å². The molecule has 80 valence electrons. The number of halogens is 2. The summed E-state index contributed by atoms with van der Waals surface area (Å²) in [5, 5.41) is 0. The van der Waals surface area contributed by atoms with Gasteiger partial charge in [-0.25, -0.2) is 0 Å². The lowest BCUT2D eigenvalue weighted by Gasteiger charge is -2.06. The SMILES string of the molecule is COC(=O)CC(=C(Cl)Cl)c1ccccc1. The highest BCUT2D eigenvalue weighted by Crippen LogP contribution is 2.27. The van der Waals surface area contributed by atoms with Crippen LogP contribution >= 0.6 is 23.2 Å². The maximum Gasteiger partial charge on any atom is 0.310 e. The third-order valence-electron chi connectivity index (χ3n) is 1.90. The van der Waals surface area contributed by atoms with Gasteiger partial charge in [0.2, 0.25) is 0 Å². The summed E-state index contributed by atoms with van der Waals surface area (Å²) in [5.74, 6) is -0.368. The molecule has 4 heteroatoms. The summed E-state index contributed by atoms with van der Waals surface area (Å²) in [6, 6.07) is 9.25. The van der Waals surface area contributed by atoms with Crippen LogP contribution in [0, 0.1) is 0 Å². The smallest absolute Gasteiger partial charge is 0.310 e. The third-order valence-corrected chi connectivity index (χ3v) is 2.36. The van der Waals surface area contributed by atoms with Crippen molar-refractivity contribution in [1.29, 1.82) is 0 Å². The number of hydrogen-bond acceptors (Lipinski definition) is 2. The fourth-order valence-corrected chi connectivity index (χ4v) is 1.49. The molecular weight excluding hydrogens is 235 g/mol. The lowest BCUT2D eigenvalue weighted by atomic mass is 10.1. The van der Waals surface area contributed by atoms with E-state index >= 15 is 0 Å². The van der Waals surface area contributed by atoms with Crippen LogP contribution < -0.4 is 0 Å². The molecule has 0 unspecified atom stereocenters. The molecule has 0 aliphatic carbocycles. The Hall–Kier alpha value is -0.990. The van der Waals surface area contributed by atoms with Crippen molar-refractivity contribution in [3.8, 4) is 0 Å². The van der Waals surface area contributed by atoms with Crippen molar-refractivity contribution in [3.63, 3.8) is 0 Å². The van der Waals surface area contributed by atoms with Gasteiger partial charge in [0.05, 0.1) is 13.5 Å². The van der Waals surface area contributed by atoms with E-state index in [-0.39, 0.29) is 16.9 Å². The van der Waals surface area contributed by atoms with Gasteiger partial charge in [0.1, 0.15) is 4.49 Å². The molecule has 0 aromatic heterocycles. The quantitative estimate of drug-likeness (QED) is 0.763. The molecule has 0 fully saturated rings. The Labute approximate surface area is 98.4 Å². The molecule has 1 aromatic carbocycles. The average molecular weight is 245 g/mol. The van der Waals surface area contributed by atoms with Gasteiger partial charge in [-0.1, -0.05) is 53.5 Å². The van der Waals surface area contributed by atoms with Crippen molar-refractivity contribution in [3.05, 3.63) is 40.4 Å². The van der Waals surface area contributed by atoms with Crippen molar-refractivity contribution in [2.75, 3.05) is 7.11 Å². The zero-order chi connectivity index (χ0) is 11.3. The molecule has 0 aliphatic heterocycles. The summed E-state index contributed by atoms with van der Waals surface area (Å²) < 4.78 is 4.65. The predicted octanol–water partition coefficient (Wildman–Crippen LogP) is 3.40. The summed E-state index contributed by atoms with van der Waals surface area (Å²) >= 11 is 11.4. The molecule has 0 amide bonds. The zero-order valence-corrected chi connectivity index (χ0v) is 9.68. The van der Waals surface area contributed by atoms with Crippen LogP contribution in [0.15, 0.2) is 34.8 Å². The molecule has 15 heavy (non-hydrogen) atoms. The summed E-state index contributed by atoms with van der Waals surface area (Å²) in [6.07, 6.45) is 0.0723. The number of ether oxygens (including phenoxy) is 1. The minimum atomic E-state index is -0.368. The molecule has 0 heterocycles. The van der Waals surface area contributed by atoms with Gasteiger partial charge in [-0.2, -0.15) is 0 Å². The first kappa shape index (κ1) is 12.1. The lowest BCUT2D eigenvalue weighted by molar-refractivity contribution is -0.139. The van der Waals surface area contributed by atoms with E-state index in [2.05, 4.69) is 4.74 Å².